The zero-order chi connectivity index (χ0) is 22.1. The molecule has 0 spiro atoms. The van der Waals surface area contributed by atoms with Crippen LogP contribution in [0.1, 0.15) is 12.7 Å². The summed E-state index contributed by atoms with van der Waals surface area (Å²) in [5.41, 5.74) is 0.0707. The lowest BCUT2D eigenvalue weighted by molar-refractivity contribution is -0.113. The van der Waals surface area contributed by atoms with E-state index in [0.29, 0.717) is 17.3 Å². The summed E-state index contributed by atoms with van der Waals surface area (Å²) in [5, 5.41) is 5.56. The minimum atomic E-state index is -0.474. The van der Waals surface area contributed by atoms with Crippen molar-refractivity contribution in [3.8, 4) is 0 Å². The van der Waals surface area contributed by atoms with E-state index in [2.05, 4.69) is 15.3 Å². The predicted molar refractivity (Wildman–Crippen MR) is 123 cm³/mol. The van der Waals surface area contributed by atoms with Crippen LogP contribution in [-0.4, -0.2) is 30.8 Å². The fourth-order valence-electron chi connectivity index (χ4n) is 3.39. The highest BCUT2D eigenvalue weighted by atomic mass is 32.2. The molecule has 4 aromatic rings. The largest absolute Gasteiger partial charge is 0.332 e. The van der Waals surface area contributed by atoms with E-state index < -0.39 is 11.2 Å². The highest BCUT2D eigenvalue weighted by Gasteiger charge is 2.18. The number of rotatable bonds is 5. The fourth-order valence-corrected chi connectivity index (χ4v) is 4.22. The summed E-state index contributed by atoms with van der Waals surface area (Å²) in [5.74, 6) is 0.352. The highest BCUT2D eigenvalue weighted by molar-refractivity contribution is 8.00. The third-order valence-electron chi connectivity index (χ3n) is 5.03. The second-order valence-electron chi connectivity index (χ2n) is 7.07. The van der Waals surface area contributed by atoms with Crippen LogP contribution in [0.4, 0.5) is 5.69 Å². The van der Waals surface area contributed by atoms with Gasteiger partial charge in [-0.1, -0.05) is 55.1 Å². The zero-order valence-electron chi connectivity index (χ0n) is 17.4. The Hall–Kier alpha value is -3.46. The molecule has 0 aliphatic heterocycles. The summed E-state index contributed by atoms with van der Waals surface area (Å²) in [7, 11) is 2.98. The molecule has 1 N–H and O–H groups in total. The van der Waals surface area contributed by atoms with Crippen LogP contribution >= 0.6 is 11.8 Å². The van der Waals surface area contributed by atoms with Crippen LogP contribution in [0.25, 0.3) is 21.8 Å². The predicted octanol–water partition coefficient (Wildman–Crippen LogP) is 2.47. The number of carbonyl (C=O) groups is 1. The van der Waals surface area contributed by atoms with E-state index in [-0.39, 0.29) is 22.7 Å². The van der Waals surface area contributed by atoms with E-state index in [9.17, 15) is 14.4 Å². The first-order valence-electron chi connectivity index (χ1n) is 9.77. The molecule has 9 heteroatoms. The highest BCUT2D eigenvalue weighted by Crippen LogP contribution is 2.25. The normalized spacial score (nSPS) is 11.2. The molecule has 4 rings (SSSR count). The summed E-state index contributed by atoms with van der Waals surface area (Å²) in [4.78, 5) is 46.6. The maximum Gasteiger partial charge on any atom is 0.332 e. The Morgan fingerprint density at radius 1 is 1.03 bits per heavy atom. The Bertz CT molecular complexity index is 1440. The van der Waals surface area contributed by atoms with Crippen LogP contribution in [0, 0.1) is 0 Å². The number of nitrogens with zero attached hydrogens (tertiary/aromatic N) is 4. The first-order chi connectivity index (χ1) is 14.9. The van der Waals surface area contributed by atoms with Crippen LogP contribution in [-0.2, 0) is 25.3 Å². The molecule has 2 aromatic heterocycles. The first-order valence-corrected chi connectivity index (χ1v) is 10.8. The molecule has 0 bridgehead atoms. The number of carbonyl (C=O) groups excluding carboxylic acids is 1. The van der Waals surface area contributed by atoms with Gasteiger partial charge < -0.3 is 5.32 Å². The second-order valence-corrected chi connectivity index (χ2v) is 8.03. The number of amides is 1. The number of hydrogen-bond donors (Lipinski definition) is 1. The summed E-state index contributed by atoms with van der Waals surface area (Å²) >= 11 is 1.16. The number of fused-ring (bicyclic) bond motifs is 2. The summed E-state index contributed by atoms with van der Waals surface area (Å²) < 4.78 is 2.36. The molecule has 2 aromatic carbocycles. The quantitative estimate of drug-likeness (QED) is 0.382. The van der Waals surface area contributed by atoms with Crippen molar-refractivity contribution >= 4 is 45.2 Å². The molecule has 0 atom stereocenters. The van der Waals surface area contributed by atoms with E-state index in [1.807, 2.05) is 49.4 Å². The minimum Gasteiger partial charge on any atom is -0.325 e. The van der Waals surface area contributed by atoms with Crippen molar-refractivity contribution in [1.29, 1.82) is 0 Å². The van der Waals surface area contributed by atoms with Gasteiger partial charge in [-0.3, -0.25) is 18.7 Å². The standard InChI is InChI=1S/C22H21N5O3S/c1-4-16-24-19-18(21(29)27(3)22(30)26(19)2)20(25-16)31-12-17(28)23-15-11-7-9-13-8-5-6-10-14(13)15/h5-11H,4,12H2,1-3H3,(H,23,28). The lowest BCUT2D eigenvalue weighted by atomic mass is 10.1. The molecule has 0 radical (unpaired) electrons. The van der Waals surface area contributed by atoms with Crippen molar-refractivity contribution in [3.63, 3.8) is 0 Å². The van der Waals surface area contributed by atoms with Gasteiger partial charge in [0, 0.05) is 31.6 Å². The third kappa shape index (κ3) is 3.84. The smallest absolute Gasteiger partial charge is 0.325 e. The molecule has 0 saturated heterocycles. The van der Waals surface area contributed by atoms with Gasteiger partial charge >= 0.3 is 5.69 Å². The Morgan fingerprint density at radius 2 is 1.77 bits per heavy atom. The van der Waals surface area contributed by atoms with Gasteiger partial charge in [0.1, 0.15) is 16.2 Å². The average molecular weight is 436 g/mol. The molecule has 8 nitrogen and oxygen atoms in total. The van der Waals surface area contributed by atoms with E-state index in [1.165, 1.54) is 11.6 Å². The molecule has 1 amide bonds. The number of benzene rings is 2. The molecular weight excluding hydrogens is 414 g/mol. The molecular formula is C22H21N5O3S. The summed E-state index contributed by atoms with van der Waals surface area (Å²) in [6.45, 7) is 1.89. The van der Waals surface area contributed by atoms with Gasteiger partial charge in [-0.25, -0.2) is 14.8 Å². The van der Waals surface area contributed by atoms with Crippen molar-refractivity contribution in [2.45, 2.75) is 18.4 Å². The van der Waals surface area contributed by atoms with Crippen LogP contribution < -0.4 is 16.6 Å². The van der Waals surface area contributed by atoms with Crippen LogP contribution in [0.3, 0.4) is 0 Å². The number of anilines is 1. The SMILES string of the molecule is CCc1nc(SCC(=O)Nc2cccc3ccccc23)c2c(=O)n(C)c(=O)n(C)c2n1. The van der Waals surface area contributed by atoms with Gasteiger partial charge in [0.15, 0.2) is 5.65 Å². The fraction of sp³-hybridized carbons (Fsp3) is 0.227. The Balaban J connectivity index is 1.66. The van der Waals surface area contributed by atoms with Gasteiger partial charge in [0.05, 0.1) is 5.75 Å². The molecule has 0 aliphatic carbocycles. The van der Waals surface area contributed by atoms with Gasteiger partial charge in [-0.2, -0.15) is 0 Å². The zero-order valence-corrected chi connectivity index (χ0v) is 18.2. The van der Waals surface area contributed by atoms with Crippen molar-refractivity contribution < 1.29 is 4.79 Å². The second kappa shape index (κ2) is 8.35. The van der Waals surface area contributed by atoms with Crippen LogP contribution in [0.5, 0.6) is 0 Å². The van der Waals surface area contributed by atoms with E-state index in [0.717, 1.165) is 32.8 Å². The van der Waals surface area contributed by atoms with Crippen LogP contribution in [0.15, 0.2) is 57.1 Å². The first kappa shape index (κ1) is 20.8. The van der Waals surface area contributed by atoms with Crippen molar-refractivity contribution in [3.05, 3.63) is 69.1 Å². The summed E-state index contributed by atoms with van der Waals surface area (Å²) in [6.07, 6.45) is 0.537. The van der Waals surface area contributed by atoms with E-state index in [4.69, 9.17) is 0 Å². The molecule has 158 valence electrons. The molecule has 0 saturated carbocycles. The number of aromatic nitrogens is 4. The third-order valence-corrected chi connectivity index (χ3v) is 6.01. The molecule has 0 fully saturated rings. The van der Waals surface area contributed by atoms with Gasteiger partial charge in [0.2, 0.25) is 5.91 Å². The lowest BCUT2D eigenvalue weighted by Crippen LogP contribution is -2.37. The number of thioether (sulfide) groups is 1. The van der Waals surface area contributed by atoms with Gasteiger partial charge in [0.25, 0.3) is 5.56 Å². The van der Waals surface area contributed by atoms with Crippen molar-refractivity contribution in [2.75, 3.05) is 11.1 Å². The Labute approximate surface area is 181 Å². The van der Waals surface area contributed by atoms with Crippen molar-refractivity contribution in [1.82, 2.24) is 19.1 Å². The number of aryl methyl sites for hydroxylation is 2. The number of hydrogen-bond acceptors (Lipinski definition) is 6. The Kier molecular flexibility index (Phi) is 5.60. The maximum atomic E-state index is 12.8. The monoisotopic (exact) mass is 435 g/mol. The Morgan fingerprint density at radius 3 is 2.55 bits per heavy atom. The maximum absolute atomic E-state index is 12.8. The van der Waals surface area contributed by atoms with Crippen LogP contribution in [0.2, 0.25) is 0 Å². The number of nitrogens with one attached hydrogen (secondary N) is 1. The lowest BCUT2D eigenvalue weighted by Gasteiger charge is -2.12. The minimum absolute atomic E-state index is 0.0600. The topological polar surface area (TPSA) is 98.9 Å². The molecule has 0 aliphatic rings. The van der Waals surface area contributed by atoms with Gasteiger partial charge in [-0.15, -0.1) is 0 Å². The van der Waals surface area contributed by atoms with Gasteiger partial charge in [-0.05, 0) is 11.5 Å². The average Bonchev–Trinajstić information content (AvgIpc) is 2.79. The van der Waals surface area contributed by atoms with E-state index >= 15 is 0 Å². The molecule has 2 heterocycles. The molecule has 31 heavy (non-hydrogen) atoms. The van der Waals surface area contributed by atoms with E-state index in [1.54, 1.807) is 7.05 Å². The van der Waals surface area contributed by atoms with Crippen molar-refractivity contribution in [2.24, 2.45) is 14.1 Å². The molecule has 0 unspecified atom stereocenters. The summed E-state index contributed by atoms with van der Waals surface area (Å²) in [6, 6.07) is 13.5.